The molecule has 2 aromatic heterocycles. The van der Waals surface area contributed by atoms with Crippen molar-refractivity contribution in [1.29, 1.82) is 0 Å². The third kappa shape index (κ3) is 2.40. The fraction of sp³-hybridized carbons (Fsp3) is 0.278. The van der Waals surface area contributed by atoms with Gasteiger partial charge in [-0.2, -0.15) is 19.6 Å². The number of nitrogens with two attached hydrogens (primary N) is 1. The van der Waals surface area contributed by atoms with Crippen molar-refractivity contribution in [3.05, 3.63) is 53.4 Å². The Morgan fingerprint density at radius 1 is 1.21 bits per heavy atom. The number of rotatable bonds is 2. The number of hydrogen-bond donors (Lipinski definition) is 1. The first kappa shape index (κ1) is 14.7. The standard InChI is InChI=1S/C18H20N6/c1-12-4-3-5-15(13(12)2)14-6-8-23(9-7-14)17-10-16(19)24-18(22-17)20-11-21-24/h3-6,10-11H,7-9,19H2,1-2H3. The maximum atomic E-state index is 6.04. The predicted molar refractivity (Wildman–Crippen MR) is 95.9 cm³/mol. The number of aromatic nitrogens is 4. The second-order valence-electron chi connectivity index (χ2n) is 6.18. The lowest BCUT2D eigenvalue weighted by Gasteiger charge is -2.28. The molecule has 6 heteroatoms. The summed E-state index contributed by atoms with van der Waals surface area (Å²) in [5.74, 6) is 1.94. The van der Waals surface area contributed by atoms with Gasteiger partial charge in [0.15, 0.2) is 0 Å². The molecule has 0 radical (unpaired) electrons. The van der Waals surface area contributed by atoms with E-state index in [-0.39, 0.29) is 0 Å². The van der Waals surface area contributed by atoms with Gasteiger partial charge >= 0.3 is 0 Å². The van der Waals surface area contributed by atoms with Crippen LogP contribution in [0.25, 0.3) is 11.4 Å². The lowest BCUT2D eigenvalue weighted by atomic mass is 9.93. The van der Waals surface area contributed by atoms with Crippen LogP contribution in [0.1, 0.15) is 23.1 Å². The highest BCUT2D eigenvalue weighted by Crippen LogP contribution is 2.28. The van der Waals surface area contributed by atoms with Gasteiger partial charge in [-0.1, -0.05) is 24.3 Å². The van der Waals surface area contributed by atoms with Crippen molar-refractivity contribution >= 4 is 23.0 Å². The zero-order valence-corrected chi connectivity index (χ0v) is 13.9. The van der Waals surface area contributed by atoms with Crippen LogP contribution in [0, 0.1) is 13.8 Å². The molecule has 0 aliphatic carbocycles. The maximum Gasteiger partial charge on any atom is 0.256 e. The average molecular weight is 320 g/mol. The van der Waals surface area contributed by atoms with E-state index in [0.717, 1.165) is 25.3 Å². The Hall–Kier alpha value is -2.89. The van der Waals surface area contributed by atoms with Gasteiger partial charge in [0.1, 0.15) is 18.0 Å². The monoisotopic (exact) mass is 320 g/mol. The molecule has 24 heavy (non-hydrogen) atoms. The van der Waals surface area contributed by atoms with Gasteiger partial charge in [0.2, 0.25) is 0 Å². The van der Waals surface area contributed by atoms with Gasteiger partial charge in [-0.3, -0.25) is 0 Å². The topological polar surface area (TPSA) is 72.3 Å². The third-order valence-corrected chi connectivity index (χ3v) is 4.75. The number of hydrogen-bond acceptors (Lipinski definition) is 5. The summed E-state index contributed by atoms with van der Waals surface area (Å²) in [4.78, 5) is 10.9. The largest absolute Gasteiger partial charge is 0.383 e. The fourth-order valence-corrected chi connectivity index (χ4v) is 3.20. The molecule has 3 aromatic rings. The number of nitrogen functional groups attached to an aromatic ring is 1. The van der Waals surface area contributed by atoms with Crippen molar-refractivity contribution in [2.45, 2.75) is 20.3 Å². The first-order chi connectivity index (χ1) is 11.6. The SMILES string of the molecule is Cc1cccc(C2=CCN(c3cc(N)n4ncnc4n3)CC2)c1C. The lowest BCUT2D eigenvalue weighted by Crippen LogP contribution is -2.29. The van der Waals surface area contributed by atoms with Crippen LogP contribution >= 0.6 is 0 Å². The van der Waals surface area contributed by atoms with Crippen molar-refractivity contribution < 1.29 is 0 Å². The van der Waals surface area contributed by atoms with E-state index >= 15 is 0 Å². The molecule has 3 heterocycles. The third-order valence-electron chi connectivity index (χ3n) is 4.75. The van der Waals surface area contributed by atoms with Crippen LogP contribution in [0.5, 0.6) is 0 Å². The van der Waals surface area contributed by atoms with Crippen molar-refractivity contribution in [2.75, 3.05) is 23.7 Å². The predicted octanol–water partition coefficient (Wildman–Crippen LogP) is 2.62. The minimum atomic E-state index is 0.536. The molecule has 0 saturated heterocycles. The van der Waals surface area contributed by atoms with Crippen LogP contribution < -0.4 is 10.6 Å². The van der Waals surface area contributed by atoms with Crippen LogP contribution in [-0.2, 0) is 0 Å². The first-order valence-electron chi connectivity index (χ1n) is 8.10. The van der Waals surface area contributed by atoms with Crippen LogP contribution in [0.15, 0.2) is 36.7 Å². The van der Waals surface area contributed by atoms with Crippen LogP contribution in [-0.4, -0.2) is 32.7 Å². The molecule has 0 atom stereocenters. The summed E-state index contributed by atoms with van der Waals surface area (Å²) in [6, 6.07) is 8.36. The molecule has 1 aromatic carbocycles. The molecule has 6 nitrogen and oxygen atoms in total. The highest BCUT2D eigenvalue weighted by molar-refractivity contribution is 5.71. The molecular formula is C18H20N6. The Labute approximate surface area is 140 Å². The highest BCUT2D eigenvalue weighted by Gasteiger charge is 2.17. The Bertz CT molecular complexity index is 940. The molecule has 2 N–H and O–H groups in total. The van der Waals surface area contributed by atoms with E-state index < -0.39 is 0 Å². The summed E-state index contributed by atoms with van der Waals surface area (Å²) in [6.45, 7) is 6.09. The Kier molecular flexibility index (Phi) is 3.45. The first-order valence-corrected chi connectivity index (χ1v) is 8.10. The highest BCUT2D eigenvalue weighted by atomic mass is 15.4. The van der Waals surface area contributed by atoms with E-state index in [4.69, 9.17) is 5.73 Å². The average Bonchev–Trinajstić information content (AvgIpc) is 3.07. The van der Waals surface area contributed by atoms with Gasteiger partial charge in [0.25, 0.3) is 5.78 Å². The molecule has 0 unspecified atom stereocenters. The zero-order chi connectivity index (χ0) is 16.7. The number of nitrogens with zero attached hydrogens (tertiary/aromatic N) is 5. The zero-order valence-electron chi connectivity index (χ0n) is 13.9. The normalized spacial score (nSPS) is 14.9. The van der Waals surface area contributed by atoms with Crippen LogP contribution in [0.2, 0.25) is 0 Å². The van der Waals surface area contributed by atoms with Crippen LogP contribution in [0.3, 0.4) is 0 Å². The smallest absolute Gasteiger partial charge is 0.256 e. The van der Waals surface area contributed by atoms with Gasteiger partial charge in [0, 0.05) is 19.2 Å². The second kappa shape index (κ2) is 5.63. The fourth-order valence-electron chi connectivity index (χ4n) is 3.20. The van der Waals surface area contributed by atoms with E-state index in [9.17, 15) is 0 Å². The van der Waals surface area contributed by atoms with E-state index in [0.29, 0.717) is 11.6 Å². The van der Waals surface area contributed by atoms with Gasteiger partial charge in [0.05, 0.1) is 0 Å². The quantitative estimate of drug-likeness (QED) is 0.786. The molecule has 4 rings (SSSR count). The Balaban J connectivity index is 1.62. The Morgan fingerprint density at radius 3 is 2.88 bits per heavy atom. The number of fused-ring (bicyclic) bond motifs is 1. The summed E-state index contributed by atoms with van der Waals surface area (Å²) >= 11 is 0. The summed E-state index contributed by atoms with van der Waals surface area (Å²) in [5, 5.41) is 4.06. The Morgan fingerprint density at radius 2 is 2.08 bits per heavy atom. The maximum absolute atomic E-state index is 6.04. The molecule has 0 spiro atoms. The van der Waals surface area contributed by atoms with Gasteiger partial charge in [-0.25, -0.2) is 0 Å². The van der Waals surface area contributed by atoms with Gasteiger partial charge in [-0.05, 0) is 42.5 Å². The molecule has 0 bridgehead atoms. The van der Waals surface area contributed by atoms with Crippen molar-refractivity contribution in [3.8, 4) is 0 Å². The lowest BCUT2D eigenvalue weighted by molar-refractivity contribution is 0.811. The van der Waals surface area contributed by atoms with Gasteiger partial charge < -0.3 is 10.6 Å². The summed E-state index contributed by atoms with van der Waals surface area (Å²) < 4.78 is 1.55. The van der Waals surface area contributed by atoms with E-state index in [1.165, 1.54) is 28.6 Å². The molecule has 1 aliphatic rings. The second-order valence-corrected chi connectivity index (χ2v) is 6.18. The molecule has 0 amide bonds. The van der Waals surface area contributed by atoms with Gasteiger partial charge in [-0.15, -0.1) is 0 Å². The number of anilines is 2. The molecule has 0 fully saturated rings. The molecular weight excluding hydrogens is 300 g/mol. The van der Waals surface area contributed by atoms with Crippen molar-refractivity contribution in [1.82, 2.24) is 19.6 Å². The minimum Gasteiger partial charge on any atom is -0.383 e. The van der Waals surface area contributed by atoms with Crippen LogP contribution in [0.4, 0.5) is 11.6 Å². The van der Waals surface area contributed by atoms with E-state index in [2.05, 4.69) is 58.1 Å². The number of aryl methyl sites for hydroxylation is 1. The van der Waals surface area contributed by atoms with Crippen molar-refractivity contribution in [2.24, 2.45) is 0 Å². The molecule has 0 saturated carbocycles. The minimum absolute atomic E-state index is 0.536. The summed E-state index contributed by atoms with van der Waals surface area (Å²) in [7, 11) is 0. The molecule has 1 aliphatic heterocycles. The van der Waals surface area contributed by atoms with E-state index in [1.54, 1.807) is 4.52 Å². The summed E-state index contributed by atoms with van der Waals surface area (Å²) in [5.41, 5.74) is 11.5. The number of benzene rings is 1. The molecule has 122 valence electrons. The summed E-state index contributed by atoms with van der Waals surface area (Å²) in [6.07, 6.45) is 4.75. The van der Waals surface area contributed by atoms with E-state index in [1.807, 2.05) is 6.07 Å². The van der Waals surface area contributed by atoms with Crippen molar-refractivity contribution in [3.63, 3.8) is 0 Å².